The first-order valence-electron chi connectivity index (χ1n) is 5.42. The summed E-state index contributed by atoms with van der Waals surface area (Å²) in [7, 11) is 1.83. The van der Waals surface area contributed by atoms with Crippen LogP contribution in [0.15, 0.2) is 41.1 Å². The van der Waals surface area contributed by atoms with Gasteiger partial charge in [0.2, 0.25) is 0 Å². The number of carbonyl (C=O) groups is 1. The van der Waals surface area contributed by atoms with Crippen molar-refractivity contribution in [3.05, 3.63) is 52.2 Å². The fourth-order valence-corrected chi connectivity index (χ4v) is 2.76. The van der Waals surface area contributed by atoms with E-state index in [0.717, 1.165) is 16.8 Å². The third kappa shape index (κ3) is 1.61. The lowest BCUT2D eigenvalue weighted by Crippen LogP contribution is -2.39. The van der Waals surface area contributed by atoms with Crippen molar-refractivity contribution in [2.24, 2.45) is 0 Å². The van der Waals surface area contributed by atoms with Crippen LogP contribution in [0.5, 0.6) is 0 Å². The standard InChI is InChI=1S/C13H12N2OS/c1-15-12(9-6-7-17-8-9)14-11-5-3-2-4-10(11)13(15)16/h2-8,12,14H,1H3/t12-/m0/s1. The average molecular weight is 244 g/mol. The fraction of sp³-hybridized carbons (Fsp3) is 0.154. The fourth-order valence-electron chi connectivity index (χ4n) is 2.08. The quantitative estimate of drug-likeness (QED) is 0.836. The molecule has 0 saturated carbocycles. The summed E-state index contributed by atoms with van der Waals surface area (Å²) in [4.78, 5) is 14.0. The summed E-state index contributed by atoms with van der Waals surface area (Å²) in [5.74, 6) is 0.0653. The molecule has 17 heavy (non-hydrogen) atoms. The zero-order valence-corrected chi connectivity index (χ0v) is 10.2. The van der Waals surface area contributed by atoms with Gasteiger partial charge in [0.25, 0.3) is 5.91 Å². The second kappa shape index (κ2) is 3.89. The third-order valence-electron chi connectivity index (χ3n) is 3.02. The SMILES string of the molecule is CN1C(=O)c2ccccc2N[C@@H]1c1ccsc1. The van der Waals surface area contributed by atoms with Crippen LogP contribution in [0.1, 0.15) is 22.1 Å². The Kier molecular flexibility index (Phi) is 2.37. The molecular formula is C13H12N2OS. The summed E-state index contributed by atoms with van der Waals surface area (Å²) in [6.45, 7) is 0. The number of hydrogen-bond donors (Lipinski definition) is 1. The van der Waals surface area contributed by atoms with E-state index in [9.17, 15) is 4.79 Å². The molecule has 3 rings (SSSR count). The second-order valence-electron chi connectivity index (χ2n) is 4.07. The maximum atomic E-state index is 12.2. The molecule has 0 saturated heterocycles. The van der Waals surface area contributed by atoms with Crippen molar-refractivity contribution in [1.82, 2.24) is 4.90 Å². The highest BCUT2D eigenvalue weighted by atomic mass is 32.1. The highest BCUT2D eigenvalue weighted by Gasteiger charge is 2.29. The molecule has 2 heterocycles. The lowest BCUT2D eigenvalue weighted by molar-refractivity contribution is 0.0736. The van der Waals surface area contributed by atoms with E-state index in [2.05, 4.69) is 10.7 Å². The number of carbonyl (C=O) groups excluding carboxylic acids is 1. The van der Waals surface area contributed by atoms with Gasteiger partial charge < -0.3 is 10.2 Å². The Morgan fingerprint density at radius 1 is 1.29 bits per heavy atom. The Balaban J connectivity index is 2.05. The maximum absolute atomic E-state index is 12.2. The first-order chi connectivity index (χ1) is 8.27. The second-order valence-corrected chi connectivity index (χ2v) is 4.85. The first kappa shape index (κ1) is 10.4. The van der Waals surface area contributed by atoms with E-state index in [0.29, 0.717) is 0 Å². The van der Waals surface area contributed by atoms with Crippen LogP contribution in [0.4, 0.5) is 5.69 Å². The molecule has 0 radical (unpaired) electrons. The molecular weight excluding hydrogens is 232 g/mol. The Morgan fingerprint density at radius 3 is 2.88 bits per heavy atom. The molecule has 1 atom stereocenters. The minimum Gasteiger partial charge on any atom is -0.361 e. The molecule has 1 amide bonds. The van der Waals surface area contributed by atoms with Crippen LogP contribution in [0.2, 0.25) is 0 Å². The van der Waals surface area contributed by atoms with Crippen molar-refractivity contribution in [3.8, 4) is 0 Å². The van der Waals surface area contributed by atoms with E-state index in [1.54, 1.807) is 16.2 Å². The highest BCUT2D eigenvalue weighted by molar-refractivity contribution is 7.08. The molecule has 0 unspecified atom stereocenters. The highest BCUT2D eigenvalue weighted by Crippen LogP contribution is 2.32. The molecule has 1 N–H and O–H groups in total. The van der Waals surface area contributed by atoms with Crippen LogP contribution in [-0.4, -0.2) is 17.9 Å². The lowest BCUT2D eigenvalue weighted by atomic mass is 10.1. The number of nitrogens with zero attached hydrogens (tertiary/aromatic N) is 1. The number of para-hydroxylation sites is 1. The van der Waals surface area contributed by atoms with Crippen molar-refractivity contribution < 1.29 is 4.79 Å². The van der Waals surface area contributed by atoms with Crippen LogP contribution in [0.25, 0.3) is 0 Å². The topological polar surface area (TPSA) is 32.3 Å². The van der Waals surface area contributed by atoms with Gasteiger partial charge in [-0.25, -0.2) is 0 Å². The largest absolute Gasteiger partial charge is 0.361 e. The van der Waals surface area contributed by atoms with E-state index in [1.807, 2.05) is 42.8 Å². The zero-order valence-electron chi connectivity index (χ0n) is 9.38. The molecule has 0 bridgehead atoms. The van der Waals surface area contributed by atoms with Crippen molar-refractivity contribution >= 4 is 22.9 Å². The number of rotatable bonds is 1. The molecule has 1 aliphatic rings. The van der Waals surface area contributed by atoms with E-state index in [4.69, 9.17) is 0 Å². The van der Waals surface area contributed by atoms with Crippen molar-refractivity contribution in [2.45, 2.75) is 6.17 Å². The van der Waals surface area contributed by atoms with Crippen LogP contribution in [0.3, 0.4) is 0 Å². The third-order valence-corrected chi connectivity index (χ3v) is 3.72. The summed E-state index contributed by atoms with van der Waals surface area (Å²) in [6.07, 6.45) is -0.0661. The molecule has 2 aromatic rings. The van der Waals surface area contributed by atoms with Crippen LogP contribution in [0, 0.1) is 0 Å². The Bertz CT molecular complexity index is 550. The molecule has 86 valence electrons. The minimum atomic E-state index is -0.0661. The maximum Gasteiger partial charge on any atom is 0.257 e. The Hall–Kier alpha value is -1.81. The number of amides is 1. The van der Waals surface area contributed by atoms with E-state index < -0.39 is 0 Å². The van der Waals surface area contributed by atoms with Gasteiger partial charge in [-0.15, -0.1) is 0 Å². The van der Waals surface area contributed by atoms with Crippen molar-refractivity contribution in [1.29, 1.82) is 0 Å². The number of thiophene rings is 1. The molecule has 0 fully saturated rings. The summed E-state index contributed by atoms with van der Waals surface area (Å²) in [5.41, 5.74) is 2.77. The van der Waals surface area contributed by atoms with Gasteiger partial charge in [0, 0.05) is 18.3 Å². The Labute approximate surface area is 104 Å². The van der Waals surface area contributed by atoms with Gasteiger partial charge in [-0.1, -0.05) is 12.1 Å². The molecule has 1 aromatic carbocycles. The van der Waals surface area contributed by atoms with Crippen molar-refractivity contribution in [3.63, 3.8) is 0 Å². The first-order valence-corrected chi connectivity index (χ1v) is 6.36. The molecule has 0 aliphatic carbocycles. The van der Waals surface area contributed by atoms with Crippen molar-refractivity contribution in [2.75, 3.05) is 12.4 Å². The molecule has 1 aliphatic heterocycles. The van der Waals surface area contributed by atoms with Crippen LogP contribution >= 0.6 is 11.3 Å². The zero-order chi connectivity index (χ0) is 11.8. The van der Waals surface area contributed by atoms with E-state index in [-0.39, 0.29) is 12.1 Å². The molecule has 4 heteroatoms. The average Bonchev–Trinajstić information content (AvgIpc) is 2.87. The van der Waals surface area contributed by atoms with Gasteiger partial charge in [0.15, 0.2) is 0 Å². The number of fused-ring (bicyclic) bond motifs is 1. The predicted octanol–water partition coefficient (Wildman–Crippen LogP) is 2.94. The molecule has 1 aromatic heterocycles. The summed E-state index contributed by atoms with van der Waals surface area (Å²) in [6, 6.07) is 9.66. The predicted molar refractivity (Wildman–Crippen MR) is 69.2 cm³/mol. The van der Waals surface area contributed by atoms with Gasteiger partial charge in [0.05, 0.1) is 5.56 Å². The number of benzene rings is 1. The van der Waals surface area contributed by atoms with Gasteiger partial charge in [-0.2, -0.15) is 11.3 Å². The van der Waals surface area contributed by atoms with Gasteiger partial charge in [-0.05, 0) is 29.0 Å². The normalized spacial score (nSPS) is 18.8. The summed E-state index contributed by atoms with van der Waals surface area (Å²) < 4.78 is 0. The molecule has 3 nitrogen and oxygen atoms in total. The van der Waals surface area contributed by atoms with Crippen LogP contribution in [-0.2, 0) is 0 Å². The lowest BCUT2D eigenvalue weighted by Gasteiger charge is -2.35. The number of nitrogens with one attached hydrogen (secondary N) is 1. The summed E-state index contributed by atoms with van der Waals surface area (Å²) >= 11 is 1.64. The molecule has 0 spiro atoms. The monoisotopic (exact) mass is 244 g/mol. The number of anilines is 1. The minimum absolute atomic E-state index is 0.0653. The van der Waals surface area contributed by atoms with Gasteiger partial charge in [-0.3, -0.25) is 4.79 Å². The number of hydrogen-bond acceptors (Lipinski definition) is 3. The van der Waals surface area contributed by atoms with E-state index >= 15 is 0 Å². The van der Waals surface area contributed by atoms with E-state index in [1.165, 1.54) is 0 Å². The van der Waals surface area contributed by atoms with Crippen LogP contribution < -0.4 is 5.32 Å². The smallest absolute Gasteiger partial charge is 0.257 e. The Morgan fingerprint density at radius 2 is 2.12 bits per heavy atom. The van der Waals surface area contributed by atoms with Gasteiger partial charge in [0.1, 0.15) is 6.17 Å². The summed E-state index contributed by atoms with van der Waals surface area (Å²) in [5, 5.41) is 7.48. The van der Waals surface area contributed by atoms with Gasteiger partial charge >= 0.3 is 0 Å².